The number of alkyl halides is 3. The van der Waals surface area contributed by atoms with Gasteiger partial charge in [-0.05, 0) is 49.2 Å². The number of hydrogen-bond acceptors (Lipinski definition) is 5. The summed E-state index contributed by atoms with van der Waals surface area (Å²) in [5.41, 5.74) is -0.438. The fourth-order valence-electron chi connectivity index (χ4n) is 3.96. The number of fused-ring (bicyclic) bond motifs is 1. The molecule has 1 aliphatic heterocycles. The predicted octanol–water partition coefficient (Wildman–Crippen LogP) is 3.12. The zero-order chi connectivity index (χ0) is 23.9. The highest BCUT2D eigenvalue weighted by molar-refractivity contribution is 6.29. The summed E-state index contributed by atoms with van der Waals surface area (Å²) in [6.07, 6.45) is -4.04. The van der Waals surface area contributed by atoms with Gasteiger partial charge in [0.05, 0.1) is 5.52 Å². The first-order valence-corrected chi connectivity index (χ1v) is 10.4. The van der Waals surface area contributed by atoms with Crippen molar-refractivity contribution in [3.8, 4) is 5.75 Å². The Morgan fingerprint density at radius 1 is 1.06 bits per heavy atom. The lowest BCUT2D eigenvalue weighted by Crippen LogP contribution is -2.46. The highest BCUT2D eigenvalue weighted by Crippen LogP contribution is 2.27. The number of hydrogen-bond donors (Lipinski definition) is 0. The van der Waals surface area contributed by atoms with Crippen LogP contribution < -0.4 is 15.9 Å². The summed E-state index contributed by atoms with van der Waals surface area (Å²) in [7, 11) is 1.48. The van der Waals surface area contributed by atoms with Crippen LogP contribution in [-0.2, 0) is 7.05 Å². The van der Waals surface area contributed by atoms with E-state index in [1.165, 1.54) is 34.4 Å². The molecule has 0 N–H and O–H groups in total. The summed E-state index contributed by atoms with van der Waals surface area (Å²) in [6, 6.07) is 7.46. The first-order valence-electron chi connectivity index (χ1n) is 9.98. The minimum absolute atomic E-state index is 0.180. The average Bonchev–Trinajstić information content (AvgIpc) is 2.77. The summed E-state index contributed by atoms with van der Waals surface area (Å²) in [5.74, 6) is -0.768. The lowest BCUT2D eigenvalue weighted by Gasteiger charge is -2.33. The largest absolute Gasteiger partial charge is 0.573 e. The number of amides is 1. The van der Waals surface area contributed by atoms with Crippen molar-refractivity contribution < 1.29 is 22.7 Å². The SMILES string of the molecule is Cn1c(=O)c(=O)n(C2CCN(C(=O)c3ccc(OC(F)(F)F)cc3)CC2)c2nc(Cl)ccc21. The fourth-order valence-corrected chi connectivity index (χ4v) is 4.10. The van der Waals surface area contributed by atoms with E-state index in [4.69, 9.17) is 11.6 Å². The van der Waals surface area contributed by atoms with Crippen molar-refractivity contribution in [3.63, 3.8) is 0 Å². The van der Waals surface area contributed by atoms with Gasteiger partial charge in [0.2, 0.25) is 0 Å². The maximum atomic E-state index is 12.8. The van der Waals surface area contributed by atoms with Crippen molar-refractivity contribution in [2.24, 2.45) is 7.05 Å². The van der Waals surface area contributed by atoms with Crippen LogP contribution in [0.15, 0.2) is 46.0 Å². The highest BCUT2D eigenvalue weighted by atomic mass is 35.5. The van der Waals surface area contributed by atoms with Crippen LogP contribution in [0.1, 0.15) is 29.2 Å². The molecule has 8 nitrogen and oxygen atoms in total. The number of nitrogens with zero attached hydrogens (tertiary/aromatic N) is 4. The molecule has 0 saturated carbocycles. The number of halogens is 4. The van der Waals surface area contributed by atoms with Crippen molar-refractivity contribution >= 4 is 28.7 Å². The monoisotopic (exact) mass is 482 g/mol. The standard InChI is InChI=1S/C21H18ClF3N4O4/c1-27-15-6-7-16(22)26-17(15)29(20(32)19(27)31)13-8-10-28(11-9-13)18(30)12-2-4-14(5-3-12)33-21(23,24)25/h2-7,13H,8-11H2,1H3. The summed E-state index contributed by atoms with van der Waals surface area (Å²) in [4.78, 5) is 43.7. The van der Waals surface area contributed by atoms with Gasteiger partial charge in [-0.25, -0.2) is 4.98 Å². The maximum Gasteiger partial charge on any atom is 0.573 e. The number of piperidine rings is 1. The molecule has 0 spiro atoms. The molecule has 2 aromatic heterocycles. The summed E-state index contributed by atoms with van der Waals surface area (Å²) >= 11 is 6.02. The molecule has 0 bridgehead atoms. The molecule has 1 aliphatic rings. The third kappa shape index (κ3) is 4.58. The second-order valence-electron chi connectivity index (χ2n) is 7.61. The van der Waals surface area contributed by atoms with Crippen LogP contribution in [0.25, 0.3) is 11.2 Å². The van der Waals surface area contributed by atoms with Crippen molar-refractivity contribution in [3.05, 3.63) is 67.8 Å². The summed E-state index contributed by atoms with van der Waals surface area (Å²) in [6.45, 7) is 0.571. The van der Waals surface area contributed by atoms with Crippen LogP contribution in [-0.4, -0.2) is 44.4 Å². The molecule has 1 fully saturated rings. The number of aromatic nitrogens is 3. The van der Waals surface area contributed by atoms with Crippen LogP contribution in [0.3, 0.4) is 0 Å². The average molecular weight is 483 g/mol. The van der Waals surface area contributed by atoms with Gasteiger partial charge in [-0.1, -0.05) is 11.6 Å². The number of aryl methyl sites for hydroxylation is 1. The van der Waals surface area contributed by atoms with Gasteiger partial charge >= 0.3 is 17.5 Å². The lowest BCUT2D eigenvalue weighted by molar-refractivity contribution is -0.274. The highest BCUT2D eigenvalue weighted by Gasteiger charge is 2.31. The normalized spacial score (nSPS) is 15.1. The molecule has 3 aromatic rings. The van der Waals surface area contributed by atoms with E-state index in [2.05, 4.69) is 9.72 Å². The Kier molecular flexibility index (Phi) is 5.91. The van der Waals surface area contributed by atoms with Crippen LogP contribution in [0, 0.1) is 0 Å². The lowest BCUT2D eigenvalue weighted by atomic mass is 10.0. The first kappa shape index (κ1) is 22.8. The molecule has 0 unspecified atom stereocenters. The minimum Gasteiger partial charge on any atom is -0.406 e. The van der Waals surface area contributed by atoms with Crippen LogP contribution in [0.2, 0.25) is 5.15 Å². The topological polar surface area (TPSA) is 86.4 Å². The van der Waals surface area contributed by atoms with Gasteiger partial charge in [0.25, 0.3) is 5.91 Å². The number of pyridine rings is 1. The van der Waals surface area contributed by atoms with Crippen molar-refractivity contribution in [1.82, 2.24) is 19.0 Å². The molecule has 0 radical (unpaired) electrons. The Balaban J connectivity index is 1.53. The first-order chi connectivity index (χ1) is 15.5. The molecular weight excluding hydrogens is 465 g/mol. The summed E-state index contributed by atoms with van der Waals surface area (Å²) in [5, 5.41) is 0.180. The van der Waals surface area contributed by atoms with Crippen LogP contribution >= 0.6 is 11.6 Å². The molecule has 1 amide bonds. The quantitative estimate of drug-likeness (QED) is 0.423. The van der Waals surface area contributed by atoms with Crippen LogP contribution in [0.5, 0.6) is 5.75 Å². The van der Waals surface area contributed by atoms with Crippen molar-refractivity contribution in [2.45, 2.75) is 25.2 Å². The molecule has 1 saturated heterocycles. The molecular formula is C21H18ClF3N4O4. The number of carbonyl (C=O) groups is 1. The Bertz CT molecular complexity index is 1330. The van der Waals surface area contributed by atoms with Crippen LogP contribution in [0.4, 0.5) is 13.2 Å². The predicted molar refractivity (Wildman–Crippen MR) is 114 cm³/mol. The van der Waals surface area contributed by atoms with Gasteiger partial charge in [0, 0.05) is 31.7 Å². The van der Waals surface area contributed by atoms with Gasteiger partial charge in [0.15, 0.2) is 5.65 Å². The Hall–Kier alpha value is -3.34. The van der Waals surface area contributed by atoms with Gasteiger partial charge in [-0.15, -0.1) is 13.2 Å². The Morgan fingerprint density at radius 2 is 1.70 bits per heavy atom. The molecule has 33 heavy (non-hydrogen) atoms. The molecule has 174 valence electrons. The third-order valence-electron chi connectivity index (χ3n) is 5.57. The second kappa shape index (κ2) is 8.54. The zero-order valence-electron chi connectivity index (χ0n) is 17.3. The number of ether oxygens (including phenoxy) is 1. The second-order valence-corrected chi connectivity index (χ2v) is 8.00. The fraction of sp³-hybridized carbons (Fsp3) is 0.333. The third-order valence-corrected chi connectivity index (χ3v) is 5.78. The maximum absolute atomic E-state index is 12.8. The number of rotatable bonds is 3. The zero-order valence-corrected chi connectivity index (χ0v) is 18.1. The van der Waals surface area contributed by atoms with Crippen molar-refractivity contribution in [2.75, 3.05) is 13.1 Å². The van der Waals surface area contributed by atoms with Gasteiger partial charge in [-0.2, -0.15) is 0 Å². The Morgan fingerprint density at radius 3 is 2.30 bits per heavy atom. The van der Waals surface area contributed by atoms with E-state index in [-0.39, 0.29) is 35.8 Å². The summed E-state index contributed by atoms with van der Waals surface area (Å²) < 4.78 is 43.3. The van der Waals surface area contributed by atoms with Gasteiger partial charge < -0.3 is 14.2 Å². The van der Waals surface area contributed by atoms with E-state index >= 15 is 0 Å². The van der Waals surface area contributed by atoms with Gasteiger partial charge in [-0.3, -0.25) is 19.0 Å². The van der Waals surface area contributed by atoms with E-state index in [1.807, 2.05) is 0 Å². The van der Waals surface area contributed by atoms with E-state index in [1.54, 1.807) is 11.0 Å². The van der Waals surface area contributed by atoms with E-state index in [0.717, 1.165) is 12.1 Å². The molecule has 0 aliphatic carbocycles. The van der Waals surface area contributed by atoms with Crippen molar-refractivity contribution in [1.29, 1.82) is 0 Å². The number of benzene rings is 1. The molecule has 0 atom stereocenters. The smallest absolute Gasteiger partial charge is 0.406 e. The minimum atomic E-state index is -4.81. The molecule has 4 rings (SSSR count). The Labute approximate surface area is 189 Å². The van der Waals surface area contributed by atoms with Gasteiger partial charge in [0.1, 0.15) is 10.9 Å². The van der Waals surface area contributed by atoms with E-state index in [9.17, 15) is 27.6 Å². The molecule has 3 heterocycles. The van der Waals surface area contributed by atoms with E-state index < -0.39 is 23.2 Å². The molecule has 1 aromatic carbocycles. The number of likely N-dealkylation sites (tertiary alicyclic amines) is 1. The molecule has 12 heteroatoms. The number of carbonyl (C=O) groups excluding carboxylic acids is 1. The van der Waals surface area contributed by atoms with E-state index in [0.29, 0.717) is 24.0 Å².